The maximum atomic E-state index is 12.6. The SMILES string of the molecule is CC(C)OC(=O)[C@H](CCC(=O)C=[N+]=[N-])NC(=O)[C@@H](N)CC1=CNC2C=CC=CC12. The van der Waals surface area contributed by atoms with Crippen LogP contribution in [0.1, 0.15) is 33.1 Å². The predicted octanol–water partition coefficient (Wildman–Crippen LogP) is 0.388. The molecule has 1 aliphatic carbocycles. The number of fused-ring (bicyclic) bond motifs is 1. The molecule has 4 N–H and O–H groups in total. The van der Waals surface area contributed by atoms with E-state index in [4.69, 9.17) is 16.0 Å². The highest BCUT2D eigenvalue weighted by Crippen LogP contribution is 2.29. The molecular weight excluding hydrogens is 374 g/mol. The van der Waals surface area contributed by atoms with E-state index in [0.29, 0.717) is 6.42 Å². The van der Waals surface area contributed by atoms with Crippen LogP contribution in [0.25, 0.3) is 5.53 Å². The van der Waals surface area contributed by atoms with E-state index in [1.165, 1.54) is 0 Å². The quantitative estimate of drug-likeness (QED) is 0.209. The number of allylic oxidation sites excluding steroid dienone is 2. The van der Waals surface area contributed by atoms with Gasteiger partial charge in [-0.05, 0) is 38.5 Å². The number of esters is 1. The Bertz CT molecular complexity index is 780. The Morgan fingerprint density at radius 2 is 2.07 bits per heavy atom. The lowest BCUT2D eigenvalue weighted by Crippen LogP contribution is -2.49. The summed E-state index contributed by atoms with van der Waals surface area (Å²) in [4.78, 5) is 39.1. The zero-order valence-corrected chi connectivity index (χ0v) is 16.6. The molecule has 2 unspecified atom stereocenters. The number of carbonyl (C=O) groups is 3. The first-order chi connectivity index (χ1) is 13.8. The van der Waals surface area contributed by atoms with Gasteiger partial charge in [-0.25, -0.2) is 4.79 Å². The molecule has 0 saturated heterocycles. The van der Waals surface area contributed by atoms with Crippen molar-refractivity contribution in [2.24, 2.45) is 11.7 Å². The van der Waals surface area contributed by atoms with Gasteiger partial charge in [0.25, 0.3) is 0 Å². The molecule has 1 heterocycles. The average molecular weight is 401 g/mol. The molecule has 1 amide bonds. The lowest BCUT2D eigenvalue weighted by Gasteiger charge is -2.23. The fourth-order valence-electron chi connectivity index (χ4n) is 3.22. The number of carbonyl (C=O) groups excluding carboxylic acids is 3. The Balaban J connectivity index is 1.96. The third kappa shape index (κ3) is 6.51. The lowest BCUT2D eigenvalue weighted by molar-refractivity contribution is -0.151. The minimum absolute atomic E-state index is 0.0113. The number of Topliss-reactive ketones (excluding diaryl/α,β-unsaturated/α-hetero) is 1. The van der Waals surface area contributed by atoms with E-state index in [9.17, 15) is 14.4 Å². The molecule has 0 aromatic heterocycles. The molecule has 2 aliphatic rings. The normalized spacial score (nSPS) is 21.3. The molecule has 0 aromatic carbocycles. The number of ether oxygens (including phenoxy) is 1. The van der Waals surface area contributed by atoms with Crippen molar-refractivity contribution in [2.45, 2.75) is 57.3 Å². The zero-order chi connectivity index (χ0) is 21.4. The van der Waals surface area contributed by atoms with Crippen molar-refractivity contribution in [3.8, 4) is 0 Å². The zero-order valence-electron chi connectivity index (χ0n) is 16.6. The van der Waals surface area contributed by atoms with E-state index in [2.05, 4.69) is 21.5 Å². The summed E-state index contributed by atoms with van der Waals surface area (Å²) in [7, 11) is 0. The molecule has 0 bridgehead atoms. The van der Waals surface area contributed by atoms with E-state index in [-0.39, 0.29) is 30.9 Å². The first-order valence-electron chi connectivity index (χ1n) is 9.58. The molecule has 9 heteroatoms. The van der Waals surface area contributed by atoms with Crippen molar-refractivity contribution in [1.29, 1.82) is 0 Å². The number of nitrogens with zero attached hydrogens (tertiary/aromatic N) is 2. The number of rotatable bonds is 10. The van der Waals surface area contributed by atoms with Gasteiger partial charge in [0.1, 0.15) is 6.04 Å². The van der Waals surface area contributed by atoms with E-state index < -0.39 is 29.7 Å². The minimum atomic E-state index is -1.02. The Kier molecular flexibility index (Phi) is 8.06. The molecular formula is C20H27N5O4. The maximum absolute atomic E-state index is 12.6. The Labute approximate surface area is 169 Å². The van der Waals surface area contributed by atoms with Crippen LogP contribution in [0.15, 0.2) is 36.1 Å². The molecule has 0 radical (unpaired) electrons. The number of amides is 1. The largest absolute Gasteiger partial charge is 0.461 e. The van der Waals surface area contributed by atoms with Crippen LogP contribution < -0.4 is 16.4 Å². The third-order valence-electron chi connectivity index (χ3n) is 4.65. The van der Waals surface area contributed by atoms with E-state index in [1.54, 1.807) is 13.8 Å². The standard InChI is InChI=1S/C20H27N5O4/c1-12(2)29-20(28)18(8-7-14(26)11-24-22)25-19(27)16(21)9-13-10-23-17-6-4-3-5-15(13)17/h3-6,10-12,15-18,23H,7-9,21H2,1-2H3,(H,25,27)/t15?,16-,17?,18-/m0/s1. The molecule has 0 saturated carbocycles. The molecule has 0 spiro atoms. The molecule has 9 nitrogen and oxygen atoms in total. The van der Waals surface area contributed by atoms with E-state index in [1.807, 2.05) is 24.4 Å². The topological polar surface area (TPSA) is 147 Å². The van der Waals surface area contributed by atoms with Crippen LogP contribution in [0.2, 0.25) is 0 Å². The van der Waals surface area contributed by atoms with Crippen LogP contribution in [0, 0.1) is 5.92 Å². The van der Waals surface area contributed by atoms with Crippen molar-refractivity contribution < 1.29 is 23.9 Å². The minimum Gasteiger partial charge on any atom is -0.461 e. The Morgan fingerprint density at radius 1 is 1.34 bits per heavy atom. The van der Waals surface area contributed by atoms with Crippen LogP contribution >= 0.6 is 0 Å². The van der Waals surface area contributed by atoms with E-state index in [0.717, 1.165) is 11.8 Å². The molecule has 29 heavy (non-hydrogen) atoms. The van der Waals surface area contributed by atoms with Crippen LogP contribution in [0.4, 0.5) is 0 Å². The first kappa shape index (κ1) is 22.3. The highest BCUT2D eigenvalue weighted by molar-refractivity contribution is 6.25. The van der Waals surface area contributed by atoms with Crippen LogP contribution in [0.3, 0.4) is 0 Å². The number of hydrogen-bond donors (Lipinski definition) is 3. The summed E-state index contributed by atoms with van der Waals surface area (Å²) >= 11 is 0. The van der Waals surface area contributed by atoms with Gasteiger partial charge in [-0.1, -0.05) is 24.3 Å². The van der Waals surface area contributed by atoms with Crippen LogP contribution in [-0.2, 0) is 19.1 Å². The van der Waals surface area contributed by atoms with Gasteiger partial charge >= 0.3 is 12.2 Å². The molecule has 0 aromatic rings. The van der Waals surface area contributed by atoms with Crippen LogP contribution in [-0.4, -0.2) is 52.9 Å². The second kappa shape index (κ2) is 10.5. The van der Waals surface area contributed by atoms with Crippen molar-refractivity contribution in [1.82, 2.24) is 10.6 Å². The van der Waals surface area contributed by atoms with Crippen molar-refractivity contribution in [3.05, 3.63) is 41.6 Å². The van der Waals surface area contributed by atoms with Crippen molar-refractivity contribution >= 4 is 23.9 Å². The second-order valence-corrected chi connectivity index (χ2v) is 7.31. The molecule has 156 valence electrons. The number of ketones is 1. The Hall–Kier alpha value is -3.03. The maximum Gasteiger partial charge on any atom is 0.328 e. The molecule has 2 rings (SSSR count). The summed E-state index contributed by atoms with van der Waals surface area (Å²) in [6, 6.07) is -1.71. The smallest absolute Gasteiger partial charge is 0.328 e. The van der Waals surface area contributed by atoms with Gasteiger partial charge in [0, 0.05) is 12.3 Å². The molecule has 0 fully saturated rings. The summed E-state index contributed by atoms with van der Waals surface area (Å²) in [5.41, 5.74) is 15.5. The van der Waals surface area contributed by atoms with Gasteiger partial charge in [0.15, 0.2) is 0 Å². The second-order valence-electron chi connectivity index (χ2n) is 7.31. The van der Waals surface area contributed by atoms with Gasteiger partial charge < -0.3 is 26.6 Å². The van der Waals surface area contributed by atoms with Gasteiger partial charge in [0.2, 0.25) is 11.7 Å². The summed E-state index contributed by atoms with van der Waals surface area (Å²) in [5, 5.41) is 5.83. The van der Waals surface area contributed by atoms with E-state index >= 15 is 0 Å². The average Bonchev–Trinajstić information content (AvgIpc) is 3.07. The van der Waals surface area contributed by atoms with Crippen molar-refractivity contribution in [2.75, 3.05) is 0 Å². The van der Waals surface area contributed by atoms with Gasteiger partial charge in [-0.15, -0.1) is 0 Å². The lowest BCUT2D eigenvalue weighted by atomic mass is 9.88. The van der Waals surface area contributed by atoms with Gasteiger partial charge in [-0.3, -0.25) is 9.59 Å². The summed E-state index contributed by atoms with van der Waals surface area (Å²) in [5.74, 6) is -1.47. The summed E-state index contributed by atoms with van der Waals surface area (Å²) in [6.45, 7) is 3.38. The molecule has 4 atom stereocenters. The number of nitrogens with one attached hydrogen (secondary N) is 2. The highest BCUT2D eigenvalue weighted by Gasteiger charge is 2.31. The number of hydrogen-bond acceptors (Lipinski definition) is 6. The fourth-order valence-corrected chi connectivity index (χ4v) is 3.22. The third-order valence-corrected chi connectivity index (χ3v) is 4.65. The van der Waals surface area contributed by atoms with Crippen molar-refractivity contribution in [3.63, 3.8) is 0 Å². The van der Waals surface area contributed by atoms with Gasteiger partial charge in [0.05, 0.1) is 18.2 Å². The molecule has 1 aliphatic heterocycles. The summed E-state index contributed by atoms with van der Waals surface area (Å²) in [6.07, 6.45) is 10.5. The number of nitrogens with two attached hydrogens (primary N) is 1. The predicted molar refractivity (Wildman–Crippen MR) is 106 cm³/mol. The first-order valence-corrected chi connectivity index (χ1v) is 9.58. The fraction of sp³-hybridized carbons (Fsp3) is 0.500. The van der Waals surface area contributed by atoms with Gasteiger partial charge in [-0.2, -0.15) is 4.79 Å². The highest BCUT2D eigenvalue weighted by atomic mass is 16.5. The van der Waals surface area contributed by atoms with Crippen LogP contribution in [0.5, 0.6) is 0 Å². The monoisotopic (exact) mass is 401 g/mol. The summed E-state index contributed by atoms with van der Waals surface area (Å²) < 4.78 is 5.16. The Morgan fingerprint density at radius 3 is 2.76 bits per heavy atom.